The van der Waals surface area contributed by atoms with Crippen LogP contribution in [0.3, 0.4) is 0 Å². The van der Waals surface area contributed by atoms with Crippen molar-refractivity contribution in [3.63, 3.8) is 0 Å². The lowest BCUT2D eigenvalue weighted by Crippen LogP contribution is -2.35. The van der Waals surface area contributed by atoms with Gasteiger partial charge >= 0.3 is 6.03 Å². The van der Waals surface area contributed by atoms with Crippen LogP contribution in [0.5, 0.6) is 0 Å². The normalized spacial score (nSPS) is 15.6. The summed E-state index contributed by atoms with van der Waals surface area (Å²) >= 11 is 0. The number of carbonyl (C=O) groups excluding carboxylic acids is 2. The molecule has 0 aromatic heterocycles. The molecule has 0 aliphatic carbocycles. The first-order chi connectivity index (χ1) is 15.7. The Labute approximate surface area is 194 Å². The zero-order valence-corrected chi connectivity index (χ0v) is 19.6. The maximum atomic E-state index is 12.8. The highest BCUT2D eigenvalue weighted by molar-refractivity contribution is 7.90. The van der Waals surface area contributed by atoms with Crippen molar-refractivity contribution in [2.75, 3.05) is 30.8 Å². The van der Waals surface area contributed by atoms with Gasteiger partial charge in [-0.25, -0.2) is 4.79 Å². The molecule has 2 aromatic carbocycles. The summed E-state index contributed by atoms with van der Waals surface area (Å²) in [6, 6.07) is 12.7. The molecule has 1 aliphatic rings. The minimum atomic E-state index is -3.92. The van der Waals surface area contributed by atoms with Crippen LogP contribution in [0.2, 0.25) is 0 Å². The summed E-state index contributed by atoms with van der Waals surface area (Å²) < 4.78 is 29.7. The van der Waals surface area contributed by atoms with E-state index in [0.717, 1.165) is 31.4 Å². The number of carbonyl (C=O) groups is 2. The Morgan fingerprint density at radius 1 is 1.00 bits per heavy atom. The van der Waals surface area contributed by atoms with Gasteiger partial charge in [0.05, 0.1) is 11.4 Å². The first-order valence-corrected chi connectivity index (χ1v) is 12.2. The number of anilines is 2. The molecule has 10 heteroatoms. The maximum absolute atomic E-state index is 12.8. The second kappa shape index (κ2) is 11.0. The van der Waals surface area contributed by atoms with Crippen LogP contribution >= 0.6 is 0 Å². The second-order valence-electron chi connectivity index (χ2n) is 7.97. The molecule has 3 amide bonds. The fourth-order valence-corrected chi connectivity index (χ4v) is 4.57. The molecule has 33 heavy (non-hydrogen) atoms. The Balaban J connectivity index is 1.59. The first-order valence-electron chi connectivity index (χ1n) is 10.8. The molecule has 9 nitrogen and oxygen atoms in total. The second-order valence-corrected chi connectivity index (χ2v) is 9.57. The van der Waals surface area contributed by atoms with Crippen LogP contribution in [-0.2, 0) is 14.8 Å². The van der Waals surface area contributed by atoms with Gasteiger partial charge in [0.15, 0.2) is 0 Å². The van der Waals surface area contributed by atoms with Gasteiger partial charge in [-0.05, 0) is 55.7 Å². The predicted octanol–water partition coefficient (Wildman–Crippen LogP) is 3.35. The van der Waals surface area contributed by atoms with E-state index in [1.54, 1.807) is 12.1 Å². The number of likely N-dealkylation sites (tertiary alicyclic amines) is 1. The molecule has 1 fully saturated rings. The number of sulfonamides is 1. The van der Waals surface area contributed by atoms with Crippen molar-refractivity contribution in [2.24, 2.45) is 4.40 Å². The highest BCUT2D eigenvalue weighted by Crippen LogP contribution is 2.20. The number of amides is 3. The van der Waals surface area contributed by atoms with Crippen LogP contribution in [0.1, 0.15) is 31.2 Å². The smallest absolute Gasteiger partial charge is 0.319 e. The number of aryl methyl sites for hydroxylation is 1. The van der Waals surface area contributed by atoms with E-state index in [1.165, 1.54) is 18.2 Å². The van der Waals surface area contributed by atoms with Crippen LogP contribution in [0.25, 0.3) is 0 Å². The number of nitrogens with one attached hydrogen (secondary N) is 3. The van der Waals surface area contributed by atoms with Crippen molar-refractivity contribution < 1.29 is 18.0 Å². The summed E-state index contributed by atoms with van der Waals surface area (Å²) in [4.78, 5) is 26.1. The van der Waals surface area contributed by atoms with Gasteiger partial charge in [-0.3, -0.25) is 4.79 Å². The molecule has 1 heterocycles. The van der Waals surface area contributed by atoms with Gasteiger partial charge in [-0.2, -0.15) is 8.42 Å². The first kappa shape index (κ1) is 24.2. The molecule has 1 aliphatic heterocycles. The van der Waals surface area contributed by atoms with Crippen molar-refractivity contribution in [3.05, 3.63) is 54.1 Å². The van der Waals surface area contributed by atoms with Crippen molar-refractivity contribution in [1.82, 2.24) is 10.2 Å². The number of rotatable bonds is 6. The monoisotopic (exact) mass is 471 g/mol. The Morgan fingerprint density at radius 3 is 2.48 bits per heavy atom. The van der Waals surface area contributed by atoms with Crippen molar-refractivity contribution in [1.29, 1.82) is 0 Å². The molecule has 1 saturated heterocycles. The van der Waals surface area contributed by atoms with E-state index in [9.17, 15) is 18.0 Å². The Morgan fingerprint density at radius 2 is 1.73 bits per heavy atom. The molecule has 3 N–H and O–H groups in total. The third-order valence-corrected chi connectivity index (χ3v) is 6.46. The van der Waals surface area contributed by atoms with Crippen molar-refractivity contribution >= 4 is 39.2 Å². The molecule has 0 radical (unpaired) electrons. The number of hydrogen-bond acceptors (Lipinski definition) is 4. The zero-order valence-electron chi connectivity index (χ0n) is 18.8. The number of nitrogens with zero attached hydrogens (tertiary/aromatic N) is 2. The highest BCUT2D eigenvalue weighted by Gasteiger charge is 2.19. The van der Waals surface area contributed by atoms with Gasteiger partial charge < -0.3 is 20.9 Å². The van der Waals surface area contributed by atoms with Crippen molar-refractivity contribution in [2.45, 2.75) is 37.5 Å². The summed E-state index contributed by atoms with van der Waals surface area (Å²) in [7, 11) is -2.07. The van der Waals surface area contributed by atoms with Crippen molar-refractivity contribution in [3.8, 4) is 0 Å². The standard InChI is InChI=1S/C23H29N5O4S/c1-17-8-6-9-18(14-17)26-23(30)24-16-22(29)25-19-10-7-11-20(15-19)33(31,32)27-21-12-4-3-5-13-28(21)2/h6-11,14-15H,3-5,12-13,16H2,1-2H3,(H,25,29)(H2,24,26,30). The number of amidine groups is 1. The molecule has 0 unspecified atom stereocenters. The van der Waals surface area contributed by atoms with Crippen LogP contribution in [0.4, 0.5) is 16.2 Å². The lowest BCUT2D eigenvalue weighted by atomic mass is 10.2. The third kappa shape index (κ3) is 7.31. The van der Waals surface area contributed by atoms with E-state index in [4.69, 9.17) is 0 Å². The van der Waals surface area contributed by atoms with Crippen LogP contribution < -0.4 is 16.0 Å². The molecule has 176 valence electrons. The molecule has 0 bridgehead atoms. The summed E-state index contributed by atoms with van der Waals surface area (Å²) in [6.07, 6.45) is 3.57. The third-order valence-electron chi connectivity index (χ3n) is 5.16. The lowest BCUT2D eigenvalue weighted by Gasteiger charge is -2.17. The SMILES string of the molecule is Cc1cccc(NC(=O)NCC(=O)Nc2cccc(S(=O)(=O)N=C3CCCCCN3C)c2)c1. The van der Waals surface area contributed by atoms with Gasteiger partial charge in [0.2, 0.25) is 5.91 Å². The molecular formula is C23H29N5O4S. The van der Waals surface area contributed by atoms with Gasteiger partial charge in [-0.15, -0.1) is 4.40 Å². The largest absolute Gasteiger partial charge is 0.362 e. The molecule has 0 saturated carbocycles. The molecular weight excluding hydrogens is 442 g/mol. The quantitative estimate of drug-likeness (QED) is 0.597. The van der Waals surface area contributed by atoms with Crippen LogP contribution in [0.15, 0.2) is 57.8 Å². The fourth-order valence-electron chi connectivity index (χ4n) is 3.43. The molecule has 0 spiro atoms. The van der Waals surface area contributed by atoms with Gasteiger partial charge in [0.1, 0.15) is 5.84 Å². The average molecular weight is 472 g/mol. The fraction of sp³-hybridized carbons (Fsp3) is 0.348. The summed E-state index contributed by atoms with van der Waals surface area (Å²) in [5.41, 5.74) is 1.92. The highest BCUT2D eigenvalue weighted by atomic mass is 32.2. The maximum Gasteiger partial charge on any atom is 0.319 e. The van der Waals surface area contributed by atoms with E-state index >= 15 is 0 Å². The summed E-state index contributed by atoms with van der Waals surface area (Å²) in [6.45, 7) is 2.41. The Bertz CT molecular complexity index is 1150. The minimum Gasteiger partial charge on any atom is -0.362 e. The van der Waals surface area contributed by atoms with E-state index < -0.39 is 22.0 Å². The number of urea groups is 1. The minimum absolute atomic E-state index is 0.00408. The molecule has 3 rings (SSSR count). The van der Waals surface area contributed by atoms with Gasteiger partial charge in [-0.1, -0.05) is 24.6 Å². The van der Waals surface area contributed by atoms with E-state index in [1.807, 2.05) is 37.1 Å². The Hall–Kier alpha value is -3.40. The van der Waals surface area contributed by atoms with Gasteiger partial charge in [0.25, 0.3) is 10.0 Å². The number of hydrogen-bond donors (Lipinski definition) is 3. The molecule has 2 aromatic rings. The Kier molecular flexibility index (Phi) is 8.05. The topological polar surface area (TPSA) is 120 Å². The average Bonchev–Trinajstić information content (AvgIpc) is 2.96. The van der Waals surface area contributed by atoms with E-state index in [-0.39, 0.29) is 11.4 Å². The van der Waals surface area contributed by atoms with E-state index in [0.29, 0.717) is 23.6 Å². The number of benzene rings is 2. The molecule has 0 atom stereocenters. The van der Waals surface area contributed by atoms with Crippen LogP contribution in [-0.4, -0.2) is 51.2 Å². The lowest BCUT2D eigenvalue weighted by molar-refractivity contribution is -0.115. The summed E-state index contributed by atoms with van der Waals surface area (Å²) in [5, 5.41) is 7.72. The summed E-state index contributed by atoms with van der Waals surface area (Å²) in [5.74, 6) is 0.0597. The van der Waals surface area contributed by atoms with Crippen LogP contribution in [0, 0.1) is 6.92 Å². The van der Waals surface area contributed by atoms with E-state index in [2.05, 4.69) is 20.3 Å². The predicted molar refractivity (Wildman–Crippen MR) is 129 cm³/mol. The zero-order chi connectivity index (χ0) is 23.8. The van der Waals surface area contributed by atoms with Gasteiger partial charge in [0, 0.05) is 31.4 Å².